The maximum absolute atomic E-state index is 11.4. The molecule has 0 aliphatic carbocycles. The molecule has 0 saturated carbocycles. The van der Waals surface area contributed by atoms with E-state index >= 15 is 0 Å². The van der Waals surface area contributed by atoms with E-state index in [0.717, 1.165) is 51.4 Å². The average Bonchev–Trinajstić information content (AvgIpc) is 3.42. The van der Waals surface area contributed by atoms with Crippen LogP contribution in [0.15, 0.2) is 0 Å². The van der Waals surface area contributed by atoms with E-state index in [2.05, 4.69) is 13.8 Å². The lowest BCUT2D eigenvalue weighted by Gasteiger charge is -2.46. The van der Waals surface area contributed by atoms with Crippen molar-refractivity contribution < 1.29 is 119 Å². The molecule has 4 aliphatic rings. The lowest BCUT2D eigenvalue weighted by atomic mass is 9.97. The van der Waals surface area contributed by atoms with Crippen molar-refractivity contribution in [3.8, 4) is 0 Å². The lowest BCUT2D eigenvalue weighted by Crippen LogP contribution is -2.65. The Morgan fingerprint density at radius 1 is 0.316 bits per heavy atom. The van der Waals surface area contributed by atoms with E-state index < -0.39 is 161 Å². The molecule has 0 radical (unpaired) electrons. The number of ether oxygens (including phenoxy) is 10. The third kappa shape index (κ3) is 20.8. The summed E-state index contributed by atoms with van der Waals surface area (Å²) >= 11 is 0. The second-order valence-corrected chi connectivity index (χ2v) is 20.9. The summed E-state index contributed by atoms with van der Waals surface area (Å²) in [5, 5.41) is 148. The Hall–Kier alpha value is -0.960. The zero-order valence-electron chi connectivity index (χ0n) is 44.8. The van der Waals surface area contributed by atoms with Crippen LogP contribution in [-0.4, -0.2) is 259 Å². The highest BCUT2D eigenvalue weighted by Gasteiger charge is 2.53. The summed E-state index contributed by atoms with van der Waals surface area (Å²) in [7, 11) is 0. The van der Waals surface area contributed by atoms with Crippen molar-refractivity contribution in [2.24, 2.45) is 0 Å². The van der Waals surface area contributed by atoms with E-state index in [4.69, 9.17) is 47.4 Å². The van der Waals surface area contributed by atoms with Crippen molar-refractivity contribution in [2.45, 2.75) is 277 Å². The molecule has 24 heteroatoms. The summed E-state index contributed by atoms with van der Waals surface area (Å²) in [6.45, 7) is 1.03. The maximum atomic E-state index is 11.4. The molecule has 76 heavy (non-hydrogen) atoms. The predicted molar refractivity (Wildman–Crippen MR) is 268 cm³/mol. The molecule has 14 N–H and O–H groups in total. The molecule has 4 rings (SSSR count). The zero-order valence-corrected chi connectivity index (χ0v) is 44.8. The molecule has 22 atom stereocenters. The van der Waals surface area contributed by atoms with E-state index in [1.165, 1.54) is 64.2 Å². The van der Waals surface area contributed by atoms with E-state index in [-0.39, 0.29) is 26.4 Å². The Morgan fingerprint density at radius 2 is 0.592 bits per heavy atom. The van der Waals surface area contributed by atoms with Gasteiger partial charge in [-0.1, -0.05) is 129 Å². The zero-order chi connectivity index (χ0) is 55.6. The predicted octanol–water partition coefficient (Wildman–Crippen LogP) is -1.12. The fourth-order valence-corrected chi connectivity index (χ4v) is 9.94. The van der Waals surface area contributed by atoms with Crippen molar-refractivity contribution in [1.82, 2.24) is 0 Å². The molecule has 0 aromatic heterocycles. The van der Waals surface area contributed by atoms with Crippen molar-refractivity contribution in [2.75, 3.05) is 52.9 Å². The normalized spacial score (nSPS) is 37.1. The summed E-state index contributed by atoms with van der Waals surface area (Å²) in [4.78, 5) is 0. The minimum Gasteiger partial charge on any atom is -0.394 e. The average molecular weight is 1110 g/mol. The highest BCUT2D eigenvalue weighted by atomic mass is 16.8. The van der Waals surface area contributed by atoms with Crippen LogP contribution < -0.4 is 0 Å². The van der Waals surface area contributed by atoms with Gasteiger partial charge < -0.3 is 119 Å². The number of unbranched alkanes of at least 4 members (excludes halogenated alkanes) is 18. The van der Waals surface area contributed by atoms with E-state index in [1.807, 2.05) is 0 Å². The molecular weight excluding hydrogens is 1010 g/mol. The standard InChI is InChI=1S/C52H98O24/c1-3-5-7-9-11-13-15-17-19-21-23-67-35(29-69-49-45(65)41(61)47(33(27-55)73-49)75-51-43(63)39(59)37(57)31(25-53)71-51)36(68-24-22-20-18-16-14-12-10-8-6-4-2)30-70-50-46(66)42(62)48(34(28-56)74-50)76-52-44(64)40(60)38(58)32(26-54)72-52/h31-66H,3-30H2,1-2H3/t31-,32-,33-,34-,35-,36-,37-,38-,39+,40+,41-,42-,43-,44-,45-,46-,47-,48-,49-,50-,51+,52+/m1/s1. The second kappa shape index (κ2) is 37.2. The number of aliphatic hydroxyl groups is 14. The highest BCUT2D eigenvalue weighted by Crippen LogP contribution is 2.32. The van der Waals surface area contributed by atoms with Gasteiger partial charge in [0, 0.05) is 13.2 Å². The minimum absolute atomic E-state index is 0.235. The van der Waals surface area contributed by atoms with Gasteiger partial charge in [-0.3, -0.25) is 0 Å². The Balaban J connectivity index is 1.49. The van der Waals surface area contributed by atoms with Gasteiger partial charge in [0.1, 0.15) is 110 Å². The Kier molecular flexibility index (Phi) is 33.1. The van der Waals surface area contributed by atoms with Gasteiger partial charge in [0.25, 0.3) is 0 Å². The van der Waals surface area contributed by atoms with Gasteiger partial charge in [-0.2, -0.15) is 0 Å². The van der Waals surface area contributed by atoms with Crippen LogP contribution in [0.2, 0.25) is 0 Å². The molecule has 0 unspecified atom stereocenters. The maximum Gasteiger partial charge on any atom is 0.187 e. The fraction of sp³-hybridized carbons (Fsp3) is 1.00. The van der Waals surface area contributed by atoms with Gasteiger partial charge in [0.05, 0.1) is 39.6 Å². The summed E-state index contributed by atoms with van der Waals surface area (Å²) in [5.74, 6) is 0. The van der Waals surface area contributed by atoms with Crippen LogP contribution in [0.4, 0.5) is 0 Å². The summed E-state index contributed by atoms with van der Waals surface area (Å²) in [5.41, 5.74) is 0. The van der Waals surface area contributed by atoms with E-state index in [1.54, 1.807) is 0 Å². The Labute approximate surface area is 448 Å². The van der Waals surface area contributed by atoms with Crippen LogP contribution in [-0.2, 0) is 47.4 Å². The highest BCUT2D eigenvalue weighted by molar-refractivity contribution is 4.96. The first-order valence-corrected chi connectivity index (χ1v) is 28.3. The number of hydrogen-bond donors (Lipinski definition) is 14. The first-order valence-electron chi connectivity index (χ1n) is 28.3. The number of hydrogen-bond acceptors (Lipinski definition) is 24. The number of aliphatic hydroxyl groups excluding tert-OH is 14. The first kappa shape index (κ1) is 67.5. The largest absolute Gasteiger partial charge is 0.394 e. The third-order valence-corrected chi connectivity index (χ3v) is 14.8. The number of rotatable bonds is 39. The van der Waals surface area contributed by atoms with E-state index in [0.29, 0.717) is 12.8 Å². The molecule has 4 heterocycles. The molecule has 4 fully saturated rings. The summed E-state index contributed by atoms with van der Waals surface area (Å²) in [6.07, 6.45) is -13.9. The second-order valence-electron chi connectivity index (χ2n) is 20.9. The van der Waals surface area contributed by atoms with Gasteiger partial charge in [-0.15, -0.1) is 0 Å². The van der Waals surface area contributed by atoms with Gasteiger partial charge in [0.15, 0.2) is 25.2 Å². The third-order valence-electron chi connectivity index (χ3n) is 14.8. The fourth-order valence-electron chi connectivity index (χ4n) is 9.94. The van der Waals surface area contributed by atoms with Crippen LogP contribution in [0.25, 0.3) is 0 Å². The van der Waals surface area contributed by atoms with Gasteiger partial charge in [-0.05, 0) is 12.8 Å². The van der Waals surface area contributed by atoms with Crippen molar-refractivity contribution >= 4 is 0 Å². The van der Waals surface area contributed by atoms with Crippen LogP contribution in [0.1, 0.15) is 142 Å². The molecule has 0 spiro atoms. The van der Waals surface area contributed by atoms with Crippen molar-refractivity contribution in [3.63, 3.8) is 0 Å². The smallest absolute Gasteiger partial charge is 0.187 e. The molecule has 4 saturated heterocycles. The van der Waals surface area contributed by atoms with Crippen LogP contribution in [0.5, 0.6) is 0 Å². The van der Waals surface area contributed by atoms with Crippen LogP contribution >= 0.6 is 0 Å². The lowest BCUT2D eigenvalue weighted by molar-refractivity contribution is -0.363. The minimum atomic E-state index is -1.85. The SMILES string of the molecule is CCCCCCCCCCCCO[C@H](CO[C@@H]1O[C@H](CO)[C@@H](O[C@@H]2O[C@H](CO)[C@@H](O)[C@H](O)[C@H]2O)[C@H](O)[C@H]1O)[C@@H](CO[C@@H]1O[C@H](CO)[C@@H](O[C@@H]2O[C@H](CO)[C@@H](O)[C@H](O)[C@H]2O)[C@H](O)[C@H]1O)OCCCCCCCCCCCC. The molecule has 0 bridgehead atoms. The van der Waals surface area contributed by atoms with Crippen LogP contribution in [0.3, 0.4) is 0 Å². The van der Waals surface area contributed by atoms with Gasteiger partial charge in [0.2, 0.25) is 0 Å². The van der Waals surface area contributed by atoms with Gasteiger partial charge in [-0.25, -0.2) is 0 Å². The summed E-state index contributed by atoms with van der Waals surface area (Å²) in [6, 6.07) is 0. The molecular formula is C52H98O24. The molecule has 0 amide bonds. The topological polar surface area (TPSA) is 376 Å². The Morgan fingerprint density at radius 3 is 0.895 bits per heavy atom. The van der Waals surface area contributed by atoms with Crippen molar-refractivity contribution in [1.29, 1.82) is 0 Å². The molecule has 24 nitrogen and oxygen atoms in total. The monoisotopic (exact) mass is 1110 g/mol. The quantitative estimate of drug-likeness (QED) is 0.0324. The van der Waals surface area contributed by atoms with Crippen LogP contribution in [0, 0.1) is 0 Å². The first-order chi connectivity index (χ1) is 36.7. The summed E-state index contributed by atoms with van der Waals surface area (Å²) < 4.78 is 59.3. The molecule has 0 aromatic carbocycles. The Bertz CT molecular complexity index is 1350. The van der Waals surface area contributed by atoms with E-state index in [9.17, 15) is 71.5 Å². The molecule has 450 valence electrons. The van der Waals surface area contributed by atoms with Crippen molar-refractivity contribution in [3.05, 3.63) is 0 Å². The molecule has 4 aliphatic heterocycles. The van der Waals surface area contributed by atoms with Gasteiger partial charge >= 0.3 is 0 Å². The molecule has 0 aromatic rings.